The number of nitrogens with one attached hydrogen (secondary N) is 2. The normalized spacial score (nSPS) is 13.6. The molecule has 3 amide bonds. The summed E-state index contributed by atoms with van der Waals surface area (Å²) in [5.74, 6) is 0.867. The van der Waals surface area contributed by atoms with E-state index in [2.05, 4.69) is 26.6 Å². The molecule has 9 heteroatoms. The van der Waals surface area contributed by atoms with Crippen molar-refractivity contribution >= 4 is 45.2 Å². The lowest BCUT2D eigenvalue weighted by Crippen LogP contribution is -2.35. The largest absolute Gasteiger partial charge is 0.486 e. The first-order valence-electron chi connectivity index (χ1n) is 8.13. The van der Waals surface area contributed by atoms with Crippen molar-refractivity contribution in [3.8, 4) is 11.5 Å². The van der Waals surface area contributed by atoms with Crippen LogP contribution < -0.4 is 25.8 Å². The van der Waals surface area contributed by atoms with Crippen molar-refractivity contribution in [1.29, 1.82) is 0 Å². The van der Waals surface area contributed by atoms with E-state index in [1.54, 1.807) is 36.4 Å². The topological polar surface area (TPSA) is 103 Å². The number of ether oxygens (including phenoxy) is 2. The minimum absolute atomic E-state index is 0.00848. The van der Waals surface area contributed by atoms with Crippen LogP contribution in [0, 0.1) is 0 Å². The van der Waals surface area contributed by atoms with Crippen molar-refractivity contribution < 1.29 is 19.1 Å². The molecule has 0 spiro atoms. The fourth-order valence-corrected chi connectivity index (χ4v) is 3.21. The van der Waals surface area contributed by atoms with Gasteiger partial charge in [0.1, 0.15) is 13.2 Å². The molecule has 4 N–H and O–H groups in total. The Bertz CT molecular complexity index is 860. The molecule has 142 valence electrons. The van der Waals surface area contributed by atoms with E-state index in [4.69, 9.17) is 26.8 Å². The molecule has 1 aliphatic heterocycles. The zero-order valence-electron chi connectivity index (χ0n) is 14.1. The standard InChI is InChI=1S/C18H17BrClN3O4/c19-12-7-15-16(27-6-5-26-15)8-14(12)22-17(24)9-13(23-18(21)25)10-1-3-11(20)4-2-10/h1-4,7-8,13H,5-6,9H2,(H,22,24)(H3,21,23,25)/t13-/m0/s1. The van der Waals surface area contributed by atoms with Crippen LogP contribution in [0.25, 0.3) is 0 Å². The van der Waals surface area contributed by atoms with Gasteiger partial charge in [-0.05, 0) is 33.6 Å². The Kier molecular flexibility index (Phi) is 6.08. The lowest BCUT2D eigenvalue weighted by Gasteiger charge is -2.21. The molecule has 27 heavy (non-hydrogen) atoms. The van der Waals surface area contributed by atoms with Crippen molar-refractivity contribution in [2.24, 2.45) is 5.73 Å². The number of anilines is 1. The number of carbonyl (C=O) groups is 2. The molecule has 1 heterocycles. The molecule has 1 atom stereocenters. The SMILES string of the molecule is NC(=O)N[C@@H](CC(=O)Nc1cc2c(cc1Br)OCCO2)c1ccc(Cl)cc1. The van der Waals surface area contributed by atoms with Gasteiger partial charge in [-0.2, -0.15) is 0 Å². The van der Waals surface area contributed by atoms with Crippen LogP contribution in [0.4, 0.5) is 10.5 Å². The maximum absolute atomic E-state index is 12.5. The van der Waals surface area contributed by atoms with E-state index in [1.807, 2.05) is 0 Å². The lowest BCUT2D eigenvalue weighted by molar-refractivity contribution is -0.116. The minimum Gasteiger partial charge on any atom is -0.486 e. The summed E-state index contributed by atoms with van der Waals surface area (Å²) in [6.07, 6.45) is -0.00848. The molecule has 0 bridgehead atoms. The van der Waals surface area contributed by atoms with Gasteiger partial charge in [-0.15, -0.1) is 0 Å². The number of hydrogen-bond acceptors (Lipinski definition) is 4. The predicted molar refractivity (Wildman–Crippen MR) is 105 cm³/mol. The maximum Gasteiger partial charge on any atom is 0.312 e. The Morgan fingerprint density at radius 2 is 1.78 bits per heavy atom. The second-order valence-electron chi connectivity index (χ2n) is 5.84. The molecule has 0 saturated carbocycles. The summed E-state index contributed by atoms with van der Waals surface area (Å²) >= 11 is 9.30. The smallest absolute Gasteiger partial charge is 0.312 e. The van der Waals surface area contributed by atoms with Crippen molar-refractivity contribution in [2.45, 2.75) is 12.5 Å². The fraction of sp³-hybridized carbons (Fsp3) is 0.222. The summed E-state index contributed by atoms with van der Waals surface area (Å²) < 4.78 is 11.7. The molecule has 2 aromatic carbocycles. The summed E-state index contributed by atoms with van der Waals surface area (Å²) in [7, 11) is 0. The Balaban J connectivity index is 1.74. The van der Waals surface area contributed by atoms with Crippen molar-refractivity contribution in [1.82, 2.24) is 5.32 Å². The predicted octanol–water partition coefficient (Wildman–Crippen LogP) is 3.61. The van der Waals surface area contributed by atoms with E-state index < -0.39 is 12.1 Å². The van der Waals surface area contributed by atoms with E-state index in [9.17, 15) is 9.59 Å². The monoisotopic (exact) mass is 453 g/mol. The zero-order valence-corrected chi connectivity index (χ0v) is 16.5. The number of amides is 3. The van der Waals surface area contributed by atoms with E-state index in [0.29, 0.717) is 39.9 Å². The van der Waals surface area contributed by atoms with Gasteiger partial charge in [0.2, 0.25) is 5.91 Å². The molecule has 0 unspecified atom stereocenters. The summed E-state index contributed by atoms with van der Waals surface area (Å²) in [5, 5.41) is 5.94. The van der Waals surface area contributed by atoms with Gasteiger partial charge in [0.25, 0.3) is 0 Å². The number of fused-ring (bicyclic) bond motifs is 1. The van der Waals surface area contributed by atoms with Crippen LogP contribution >= 0.6 is 27.5 Å². The van der Waals surface area contributed by atoms with Crippen molar-refractivity contribution in [3.05, 3.63) is 51.5 Å². The Morgan fingerprint density at radius 1 is 1.15 bits per heavy atom. The van der Waals surface area contributed by atoms with Gasteiger partial charge in [-0.1, -0.05) is 23.7 Å². The van der Waals surface area contributed by atoms with Gasteiger partial charge in [0.15, 0.2) is 11.5 Å². The van der Waals surface area contributed by atoms with Gasteiger partial charge in [-0.3, -0.25) is 4.79 Å². The average Bonchev–Trinajstić information content (AvgIpc) is 2.62. The van der Waals surface area contributed by atoms with E-state index in [-0.39, 0.29) is 12.3 Å². The van der Waals surface area contributed by atoms with Crippen LogP contribution in [-0.4, -0.2) is 25.2 Å². The molecule has 0 saturated heterocycles. The van der Waals surface area contributed by atoms with E-state index in [1.165, 1.54) is 0 Å². The van der Waals surface area contributed by atoms with Crippen LogP contribution in [-0.2, 0) is 4.79 Å². The summed E-state index contributed by atoms with van der Waals surface area (Å²) in [4.78, 5) is 23.9. The maximum atomic E-state index is 12.5. The van der Waals surface area contributed by atoms with Crippen LogP contribution in [0.3, 0.4) is 0 Å². The highest BCUT2D eigenvalue weighted by atomic mass is 79.9. The Morgan fingerprint density at radius 3 is 2.41 bits per heavy atom. The molecule has 1 aliphatic rings. The highest BCUT2D eigenvalue weighted by Crippen LogP contribution is 2.38. The number of rotatable bonds is 5. The fourth-order valence-electron chi connectivity index (χ4n) is 2.67. The Hall–Kier alpha value is -2.45. The second kappa shape index (κ2) is 8.49. The number of nitrogens with two attached hydrogens (primary N) is 1. The molecule has 0 radical (unpaired) electrons. The van der Waals surface area contributed by atoms with Gasteiger partial charge >= 0.3 is 6.03 Å². The molecule has 3 rings (SSSR count). The average molecular weight is 455 g/mol. The third kappa shape index (κ3) is 5.05. The number of primary amides is 1. The molecular weight excluding hydrogens is 438 g/mol. The van der Waals surface area contributed by atoms with Gasteiger partial charge in [-0.25, -0.2) is 4.79 Å². The van der Waals surface area contributed by atoms with Crippen LogP contribution in [0.1, 0.15) is 18.0 Å². The van der Waals surface area contributed by atoms with Gasteiger partial charge < -0.3 is 25.8 Å². The quantitative estimate of drug-likeness (QED) is 0.642. The summed E-state index contributed by atoms with van der Waals surface area (Å²) in [6.45, 7) is 0.926. The third-order valence-electron chi connectivity index (χ3n) is 3.88. The third-order valence-corrected chi connectivity index (χ3v) is 4.79. The molecular formula is C18H17BrClN3O4. The molecule has 0 aliphatic carbocycles. The van der Waals surface area contributed by atoms with Gasteiger partial charge in [0.05, 0.1) is 18.2 Å². The number of benzene rings is 2. The summed E-state index contributed by atoms with van der Waals surface area (Å²) in [6, 6.07) is 8.95. The number of urea groups is 1. The minimum atomic E-state index is -0.719. The van der Waals surface area contributed by atoms with Crippen LogP contribution in [0.2, 0.25) is 5.02 Å². The number of halogens is 2. The van der Waals surface area contributed by atoms with Crippen molar-refractivity contribution in [3.63, 3.8) is 0 Å². The molecule has 0 aromatic heterocycles. The van der Waals surface area contributed by atoms with Crippen LogP contribution in [0.15, 0.2) is 40.9 Å². The highest BCUT2D eigenvalue weighted by molar-refractivity contribution is 9.10. The van der Waals surface area contributed by atoms with E-state index >= 15 is 0 Å². The number of carbonyl (C=O) groups excluding carboxylic acids is 2. The zero-order chi connectivity index (χ0) is 19.4. The first kappa shape index (κ1) is 19.3. The highest BCUT2D eigenvalue weighted by Gasteiger charge is 2.20. The lowest BCUT2D eigenvalue weighted by atomic mass is 10.0. The van der Waals surface area contributed by atoms with Gasteiger partial charge in [0, 0.05) is 21.6 Å². The van der Waals surface area contributed by atoms with E-state index in [0.717, 1.165) is 5.56 Å². The first-order valence-corrected chi connectivity index (χ1v) is 9.30. The first-order chi connectivity index (χ1) is 12.9. The second-order valence-corrected chi connectivity index (χ2v) is 7.13. The molecule has 7 nitrogen and oxygen atoms in total. The number of hydrogen-bond donors (Lipinski definition) is 3. The molecule has 0 fully saturated rings. The summed E-state index contributed by atoms with van der Waals surface area (Å²) in [5.41, 5.74) is 6.50. The van der Waals surface area contributed by atoms with Crippen LogP contribution in [0.5, 0.6) is 11.5 Å². The van der Waals surface area contributed by atoms with Crippen molar-refractivity contribution in [2.75, 3.05) is 18.5 Å². The molecule has 2 aromatic rings. The Labute approximate surface area is 169 Å².